The Morgan fingerprint density at radius 2 is 2.18 bits per heavy atom. The minimum absolute atomic E-state index is 0.0438. The topological polar surface area (TPSA) is 50.7 Å². The standard InChI is InChI=1S/C13H27NO3/c1-4-13(5-2)8-11(6-7-17-13)14-9-12(15)10-16-3/h11-12,14-15H,4-10H2,1-3H3. The number of ether oxygens (including phenoxy) is 2. The average molecular weight is 245 g/mol. The van der Waals surface area contributed by atoms with Gasteiger partial charge < -0.3 is 19.9 Å². The summed E-state index contributed by atoms with van der Waals surface area (Å²) in [6, 6.07) is 0.454. The predicted molar refractivity (Wildman–Crippen MR) is 68.2 cm³/mol. The molecular formula is C13H27NO3. The molecule has 0 amide bonds. The number of rotatable bonds is 7. The molecule has 1 saturated heterocycles. The van der Waals surface area contributed by atoms with E-state index in [1.165, 1.54) is 0 Å². The monoisotopic (exact) mass is 245 g/mol. The van der Waals surface area contributed by atoms with Crippen molar-refractivity contribution in [1.82, 2.24) is 5.32 Å². The molecule has 0 aromatic carbocycles. The Kier molecular flexibility index (Phi) is 6.41. The van der Waals surface area contributed by atoms with Gasteiger partial charge in [-0.3, -0.25) is 0 Å². The molecule has 0 saturated carbocycles. The van der Waals surface area contributed by atoms with Gasteiger partial charge in [-0.15, -0.1) is 0 Å². The third kappa shape index (κ3) is 4.54. The van der Waals surface area contributed by atoms with E-state index in [0.717, 1.165) is 32.3 Å². The van der Waals surface area contributed by atoms with Crippen molar-refractivity contribution in [3.8, 4) is 0 Å². The van der Waals surface area contributed by atoms with Crippen LogP contribution in [0.3, 0.4) is 0 Å². The summed E-state index contributed by atoms with van der Waals surface area (Å²) in [4.78, 5) is 0. The van der Waals surface area contributed by atoms with E-state index >= 15 is 0 Å². The summed E-state index contributed by atoms with van der Waals surface area (Å²) < 4.78 is 10.8. The van der Waals surface area contributed by atoms with E-state index in [1.807, 2.05) is 0 Å². The molecule has 4 heteroatoms. The van der Waals surface area contributed by atoms with E-state index in [9.17, 15) is 5.11 Å². The smallest absolute Gasteiger partial charge is 0.0897 e. The van der Waals surface area contributed by atoms with Crippen molar-refractivity contribution in [2.45, 2.75) is 57.3 Å². The Morgan fingerprint density at radius 3 is 2.76 bits per heavy atom. The van der Waals surface area contributed by atoms with Crippen LogP contribution >= 0.6 is 0 Å². The summed E-state index contributed by atoms with van der Waals surface area (Å²) in [6.07, 6.45) is 3.77. The van der Waals surface area contributed by atoms with Gasteiger partial charge in [0, 0.05) is 26.3 Å². The summed E-state index contributed by atoms with van der Waals surface area (Å²) in [7, 11) is 1.61. The van der Waals surface area contributed by atoms with E-state index in [0.29, 0.717) is 19.2 Å². The van der Waals surface area contributed by atoms with E-state index in [1.54, 1.807) is 7.11 Å². The molecule has 1 rings (SSSR count). The molecule has 1 heterocycles. The zero-order valence-electron chi connectivity index (χ0n) is 11.4. The first-order chi connectivity index (χ1) is 8.15. The molecule has 1 aliphatic heterocycles. The summed E-state index contributed by atoms with van der Waals surface area (Å²) in [6.45, 7) is 6.18. The van der Waals surface area contributed by atoms with E-state index in [4.69, 9.17) is 9.47 Å². The van der Waals surface area contributed by atoms with Crippen molar-refractivity contribution < 1.29 is 14.6 Å². The number of aliphatic hydroxyl groups is 1. The third-order valence-corrected chi connectivity index (χ3v) is 3.78. The van der Waals surface area contributed by atoms with Crippen LogP contribution in [-0.2, 0) is 9.47 Å². The van der Waals surface area contributed by atoms with E-state index in [-0.39, 0.29) is 5.60 Å². The third-order valence-electron chi connectivity index (χ3n) is 3.78. The van der Waals surface area contributed by atoms with Crippen molar-refractivity contribution >= 4 is 0 Å². The lowest BCUT2D eigenvalue weighted by atomic mass is 9.86. The lowest BCUT2D eigenvalue weighted by Crippen LogP contribution is -2.48. The van der Waals surface area contributed by atoms with Gasteiger partial charge in [0.05, 0.1) is 18.3 Å². The normalized spacial score (nSPS) is 25.8. The molecule has 0 aromatic heterocycles. The molecule has 0 spiro atoms. The zero-order valence-corrected chi connectivity index (χ0v) is 11.4. The van der Waals surface area contributed by atoms with Crippen LogP contribution in [0.5, 0.6) is 0 Å². The molecule has 1 fully saturated rings. The fraction of sp³-hybridized carbons (Fsp3) is 1.00. The van der Waals surface area contributed by atoms with Crippen LogP contribution in [0.2, 0.25) is 0 Å². The molecule has 102 valence electrons. The van der Waals surface area contributed by atoms with Gasteiger partial charge in [0.2, 0.25) is 0 Å². The number of methoxy groups -OCH3 is 1. The first kappa shape index (κ1) is 14.9. The van der Waals surface area contributed by atoms with Crippen molar-refractivity contribution in [3.05, 3.63) is 0 Å². The average Bonchev–Trinajstić information content (AvgIpc) is 2.37. The first-order valence-corrected chi connectivity index (χ1v) is 6.70. The molecule has 0 bridgehead atoms. The molecule has 2 N–H and O–H groups in total. The highest BCUT2D eigenvalue weighted by molar-refractivity contribution is 4.88. The van der Waals surface area contributed by atoms with Crippen molar-refractivity contribution in [3.63, 3.8) is 0 Å². The lowest BCUT2D eigenvalue weighted by Gasteiger charge is -2.40. The van der Waals surface area contributed by atoms with Crippen LogP contribution in [-0.4, -0.2) is 49.7 Å². The fourth-order valence-corrected chi connectivity index (χ4v) is 2.50. The van der Waals surface area contributed by atoms with Crippen LogP contribution < -0.4 is 5.32 Å². The van der Waals surface area contributed by atoms with Crippen LogP contribution in [0.25, 0.3) is 0 Å². The van der Waals surface area contributed by atoms with Gasteiger partial charge in [-0.05, 0) is 25.7 Å². The quantitative estimate of drug-likeness (QED) is 0.710. The fourth-order valence-electron chi connectivity index (χ4n) is 2.50. The van der Waals surface area contributed by atoms with Crippen LogP contribution in [0.4, 0.5) is 0 Å². The molecule has 0 radical (unpaired) electrons. The Balaban J connectivity index is 2.34. The van der Waals surface area contributed by atoms with Gasteiger partial charge >= 0.3 is 0 Å². The van der Waals surface area contributed by atoms with Gasteiger partial charge in [0.1, 0.15) is 0 Å². The van der Waals surface area contributed by atoms with Gasteiger partial charge in [-0.25, -0.2) is 0 Å². The Labute approximate surface area is 105 Å². The Morgan fingerprint density at radius 1 is 1.47 bits per heavy atom. The Bertz CT molecular complexity index is 207. The van der Waals surface area contributed by atoms with Gasteiger partial charge in [-0.2, -0.15) is 0 Å². The second-order valence-electron chi connectivity index (χ2n) is 4.95. The largest absolute Gasteiger partial charge is 0.389 e. The van der Waals surface area contributed by atoms with E-state index in [2.05, 4.69) is 19.2 Å². The maximum Gasteiger partial charge on any atom is 0.0897 e. The molecule has 0 aromatic rings. The minimum Gasteiger partial charge on any atom is -0.389 e. The van der Waals surface area contributed by atoms with Crippen molar-refractivity contribution in [2.75, 3.05) is 26.9 Å². The van der Waals surface area contributed by atoms with E-state index < -0.39 is 6.10 Å². The summed E-state index contributed by atoms with van der Waals surface area (Å²) in [5.74, 6) is 0. The van der Waals surface area contributed by atoms with Crippen LogP contribution in [0.15, 0.2) is 0 Å². The molecule has 2 unspecified atom stereocenters. The Hall–Kier alpha value is -0.160. The van der Waals surface area contributed by atoms with Gasteiger partial charge in [0.15, 0.2) is 0 Å². The molecule has 1 aliphatic rings. The summed E-state index contributed by atoms with van der Waals surface area (Å²) in [5, 5.41) is 13.0. The van der Waals surface area contributed by atoms with Crippen molar-refractivity contribution in [2.24, 2.45) is 0 Å². The lowest BCUT2D eigenvalue weighted by molar-refractivity contribution is -0.0940. The second-order valence-corrected chi connectivity index (χ2v) is 4.95. The number of hydrogen-bond donors (Lipinski definition) is 2. The highest BCUT2D eigenvalue weighted by Gasteiger charge is 2.34. The summed E-state index contributed by atoms with van der Waals surface area (Å²) >= 11 is 0. The first-order valence-electron chi connectivity index (χ1n) is 6.70. The number of nitrogens with one attached hydrogen (secondary N) is 1. The maximum absolute atomic E-state index is 9.61. The minimum atomic E-state index is -0.416. The van der Waals surface area contributed by atoms with Crippen LogP contribution in [0, 0.1) is 0 Å². The highest BCUT2D eigenvalue weighted by Crippen LogP contribution is 2.31. The maximum atomic E-state index is 9.61. The molecule has 0 aliphatic carbocycles. The number of aliphatic hydroxyl groups excluding tert-OH is 1. The second kappa shape index (κ2) is 7.31. The number of hydrogen-bond acceptors (Lipinski definition) is 4. The SMILES string of the molecule is CCC1(CC)CC(NCC(O)COC)CCO1. The van der Waals surface area contributed by atoms with Gasteiger partial charge in [-0.1, -0.05) is 13.8 Å². The van der Waals surface area contributed by atoms with Crippen molar-refractivity contribution in [1.29, 1.82) is 0 Å². The van der Waals surface area contributed by atoms with Crippen LogP contribution in [0.1, 0.15) is 39.5 Å². The molecular weight excluding hydrogens is 218 g/mol. The summed E-state index contributed by atoms with van der Waals surface area (Å²) in [5.41, 5.74) is 0.0438. The zero-order chi connectivity index (χ0) is 12.7. The predicted octanol–water partition coefficient (Wildman–Crippen LogP) is 1.32. The molecule has 4 nitrogen and oxygen atoms in total. The van der Waals surface area contributed by atoms with Gasteiger partial charge in [0.25, 0.3) is 0 Å². The molecule has 2 atom stereocenters. The molecule has 17 heavy (non-hydrogen) atoms. The highest BCUT2D eigenvalue weighted by atomic mass is 16.5.